The monoisotopic (exact) mass is 570 g/mol. The van der Waals surface area contributed by atoms with E-state index in [2.05, 4.69) is 5.32 Å². The Balaban J connectivity index is 1.73. The van der Waals surface area contributed by atoms with Crippen LogP contribution in [0.15, 0.2) is 83.3 Å². The van der Waals surface area contributed by atoms with Crippen molar-refractivity contribution in [2.45, 2.75) is 38.8 Å². The number of nitrogens with zero attached hydrogens (tertiary/aromatic N) is 1. The lowest BCUT2D eigenvalue weighted by Gasteiger charge is -2.30. The number of amides is 2. The molecule has 42 heavy (non-hydrogen) atoms. The topological polar surface area (TPSA) is 109 Å². The number of ketones is 1. The van der Waals surface area contributed by atoms with Gasteiger partial charge in [-0.3, -0.25) is 4.79 Å². The number of methoxy groups -OCH3 is 1. The van der Waals surface area contributed by atoms with Crippen molar-refractivity contribution in [2.75, 3.05) is 12.4 Å². The summed E-state index contributed by atoms with van der Waals surface area (Å²) < 4.78 is 25.0. The first kappa shape index (κ1) is 28.6. The molecule has 216 valence electrons. The van der Waals surface area contributed by atoms with Crippen molar-refractivity contribution in [1.29, 1.82) is 0 Å². The fourth-order valence-corrected chi connectivity index (χ4v) is 5.95. The molecule has 8 nitrogen and oxygen atoms in total. The van der Waals surface area contributed by atoms with Gasteiger partial charge in [0.15, 0.2) is 5.78 Å². The fourth-order valence-electron chi connectivity index (χ4n) is 5.95. The average Bonchev–Trinajstić information content (AvgIpc) is 3.50. The fraction of sp³-hybridized carbons (Fsp3) is 0.242. The van der Waals surface area contributed by atoms with Crippen molar-refractivity contribution in [1.82, 2.24) is 4.90 Å². The van der Waals surface area contributed by atoms with Crippen LogP contribution < -0.4 is 10.1 Å². The summed E-state index contributed by atoms with van der Waals surface area (Å²) in [4.78, 5) is 42.8. The molecule has 1 fully saturated rings. The minimum Gasteiger partial charge on any atom is -0.497 e. The van der Waals surface area contributed by atoms with Gasteiger partial charge in [0.05, 0.1) is 24.6 Å². The SMILES string of the molecule is COc1ccc(C2C(C(=O)c3cc(C)oc3C)C(c3ccc(F)cc3)N(C(=O)Nc3cccc(C)c3)C2C(=O)O)cc1. The molecule has 0 aliphatic carbocycles. The number of aryl methyl sites for hydroxylation is 3. The summed E-state index contributed by atoms with van der Waals surface area (Å²) in [6, 6.07) is 17.7. The van der Waals surface area contributed by atoms with E-state index in [-0.39, 0.29) is 5.78 Å². The number of halogens is 1. The van der Waals surface area contributed by atoms with Crippen LogP contribution in [0, 0.1) is 32.5 Å². The largest absolute Gasteiger partial charge is 0.497 e. The number of furan rings is 1. The third-order valence-corrected chi connectivity index (χ3v) is 7.74. The number of Topliss-reactive ketones (excluding diaryl/α,β-unsaturated/α-hetero) is 1. The minimum absolute atomic E-state index is 0.299. The lowest BCUT2D eigenvalue weighted by Crippen LogP contribution is -2.45. The predicted molar refractivity (Wildman–Crippen MR) is 154 cm³/mol. The van der Waals surface area contributed by atoms with Crippen LogP contribution in [0.2, 0.25) is 0 Å². The number of nitrogens with one attached hydrogen (secondary N) is 1. The number of benzene rings is 3. The molecular formula is C33H31FN2O6. The summed E-state index contributed by atoms with van der Waals surface area (Å²) in [5.41, 5.74) is 2.63. The van der Waals surface area contributed by atoms with Crippen LogP contribution in [-0.2, 0) is 4.79 Å². The Hall–Kier alpha value is -4.92. The third kappa shape index (κ3) is 5.37. The van der Waals surface area contributed by atoms with Crippen molar-refractivity contribution in [3.63, 3.8) is 0 Å². The molecule has 4 unspecified atom stereocenters. The smallest absolute Gasteiger partial charge is 0.327 e. The average molecular weight is 571 g/mol. The molecule has 5 rings (SSSR count). The summed E-state index contributed by atoms with van der Waals surface area (Å²) in [6.45, 7) is 5.26. The number of rotatable bonds is 7. The lowest BCUT2D eigenvalue weighted by atomic mass is 9.76. The van der Waals surface area contributed by atoms with E-state index in [1.54, 1.807) is 62.4 Å². The molecule has 4 atom stereocenters. The van der Waals surface area contributed by atoms with E-state index in [1.807, 2.05) is 13.0 Å². The minimum atomic E-state index is -1.44. The van der Waals surface area contributed by atoms with Crippen molar-refractivity contribution < 1.29 is 33.0 Å². The quantitative estimate of drug-likeness (QED) is 0.240. The van der Waals surface area contributed by atoms with Gasteiger partial charge in [0, 0.05) is 11.6 Å². The molecule has 0 saturated carbocycles. The van der Waals surface area contributed by atoms with Gasteiger partial charge in [-0.15, -0.1) is 0 Å². The van der Waals surface area contributed by atoms with Gasteiger partial charge in [0.25, 0.3) is 0 Å². The van der Waals surface area contributed by atoms with Gasteiger partial charge in [0.2, 0.25) is 0 Å². The Morgan fingerprint density at radius 2 is 1.60 bits per heavy atom. The van der Waals surface area contributed by atoms with E-state index in [4.69, 9.17) is 9.15 Å². The molecule has 1 saturated heterocycles. The molecule has 0 bridgehead atoms. The number of aliphatic carboxylic acids is 1. The molecule has 2 amide bonds. The molecule has 0 spiro atoms. The Bertz CT molecular complexity index is 1630. The van der Waals surface area contributed by atoms with E-state index in [0.717, 1.165) is 5.56 Å². The second-order valence-electron chi connectivity index (χ2n) is 10.5. The first-order valence-electron chi connectivity index (χ1n) is 13.5. The normalized spacial score (nSPS) is 19.9. The van der Waals surface area contributed by atoms with Gasteiger partial charge < -0.3 is 24.5 Å². The van der Waals surface area contributed by atoms with Crippen molar-refractivity contribution >= 4 is 23.5 Å². The maximum atomic E-state index is 14.5. The summed E-state index contributed by atoms with van der Waals surface area (Å²) in [5, 5.41) is 13.5. The lowest BCUT2D eigenvalue weighted by molar-refractivity contribution is -0.142. The highest BCUT2D eigenvalue weighted by Gasteiger charge is 2.58. The van der Waals surface area contributed by atoms with Gasteiger partial charge in [-0.25, -0.2) is 14.0 Å². The number of hydrogen-bond acceptors (Lipinski definition) is 5. The first-order valence-corrected chi connectivity index (χ1v) is 13.5. The van der Waals surface area contributed by atoms with Crippen LogP contribution in [0.5, 0.6) is 5.75 Å². The number of urea groups is 1. The van der Waals surface area contributed by atoms with Crippen LogP contribution in [-0.4, -0.2) is 40.9 Å². The van der Waals surface area contributed by atoms with Gasteiger partial charge in [0.1, 0.15) is 29.1 Å². The Morgan fingerprint density at radius 1 is 0.929 bits per heavy atom. The maximum Gasteiger partial charge on any atom is 0.327 e. The number of carboxylic acids is 1. The van der Waals surface area contributed by atoms with Crippen LogP contribution >= 0.6 is 0 Å². The number of carbonyl (C=O) groups is 3. The number of likely N-dealkylation sites (tertiary alicyclic amines) is 1. The number of carboxylic acid groups (broad SMARTS) is 1. The van der Waals surface area contributed by atoms with Gasteiger partial charge in [-0.2, -0.15) is 0 Å². The van der Waals surface area contributed by atoms with E-state index >= 15 is 0 Å². The summed E-state index contributed by atoms with van der Waals surface area (Å²) >= 11 is 0. The van der Waals surface area contributed by atoms with Gasteiger partial charge in [-0.05, 0) is 79.9 Å². The molecule has 9 heteroatoms. The number of hydrogen-bond donors (Lipinski definition) is 2. The Morgan fingerprint density at radius 3 is 2.17 bits per heavy atom. The first-order chi connectivity index (χ1) is 20.1. The molecule has 4 aromatic rings. The summed E-state index contributed by atoms with van der Waals surface area (Å²) in [5.74, 6) is -2.71. The van der Waals surface area contributed by atoms with E-state index in [9.17, 15) is 23.9 Å². The predicted octanol–water partition coefficient (Wildman–Crippen LogP) is 6.68. The van der Waals surface area contributed by atoms with E-state index in [1.165, 1.54) is 36.3 Å². The second kappa shape index (κ2) is 11.5. The molecule has 0 radical (unpaired) electrons. The van der Waals surface area contributed by atoms with Crippen molar-refractivity contribution in [3.8, 4) is 5.75 Å². The number of ether oxygens (including phenoxy) is 1. The third-order valence-electron chi connectivity index (χ3n) is 7.74. The zero-order valence-electron chi connectivity index (χ0n) is 23.6. The van der Waals surface area contributed by atoms with E-state index < -0.39 is 41.7 Å². The molecule has 2 N–H and O–H groups in total. The van der Waals surface area contributed by atoms with Crippen LogP contribution in [0.25, 0.3) is 0 Å². The molecule has 1 aliphatic heterocycles. The van der Waals surface area contributed by atoms with Gasteiger partial charge >= 0.3 is 12.0 Å². The van der Waals surface area contributed by atoms with E-state index in [0.29, 0.717) is 39.6 Å². The van der Waals surface area contributed by atoms with Crippen molar-refractivity contribution in [2.24, 2.45) is 5.92 Å². The molecular weight excluding hydrogens is 539 g/mol. The van der Waals surface area contributed by atoms with Crippen molar-refractivity contribution in [3.05, 3.63) is 118 Å². The number of carbonyl (C=O) groups excluding carboxylic acids is 2. The number of anilines is 1. The highest BCUT2D eigenvalue weighted by atomic mass is 19.1. The standard InChI is InChI=1S/C33H31FN2O6/c1-18-6-5-7-24(16-18)35-33(40)36-29(22-8-12-23(34)13-9-22)28(31(37)26-17-19(2)42-20(26)3)27(30(36)32(38)39)21-10-14-25(41-4)15-11-21/h5-17,27-30H,1-4H3,(H,35,40)(H,38,39). The van der Waals surface area contributed by atoms with Gasteiger partial charge in [-0.1, -0.05) is 36.4 Å². The molecule has 2 heterocycles. The van der Waals surface area contributed by atoms with Crippen LogP contribution in [0.3, 0.4) is 0 Å². The summed E-state index contributed by atoms with van der Waals surface area (Å²) in [7, 11) is 1.52. The molecule has 1 aliphatic rings. The van der Waals surface area contributed by atoms with Crippen LogP contribution in [0.1, 0.15) is 50.5 Å². The van der Waals surface area contributed by atoms with Crippen LogP contribution in [0.4, 0.5) is 14.9 Å². The highest BCUT2D eigenvalue weighted by molar-refractivity contribution is 6.03. The molecule has 3 aromatic carbocycles. The Labute approximate surface area is 242 Å². The Kier molecular flexibility index (Phi) is 7.85. The second-order valence-corrected chi connectivity index (χ2v) is 10.5. The highest BCUT2D eigenvalue weighted by Crippen LogP contribution is 2.52. The summed E-state index contributed by atoms with van der Waals surface area (Å²) in [6.07, 6.45) is 0. The maximum absolute atomic E-state index is 14.5. The zero-order chi connectivity index (χ0) is 30.1. The zero-order valence-corrected chi connectivity index (χ0v) is 23.6. The molecule has 1 aromatic heterocycles.